The van der Waals surface area contributed by atoms with Crippen molar-refractivity contribution in [2.24, 2.45) is 0 Å². The van der Waals surface area contributed by atoms with Gasteiger partial charge in [-0.15, -0.1) is 0 Å². The summed E-state index contributed by atoms with van der Waals surface area (Å²) >= 11 is 0. The van der Waals surface area contributed by atoms with Crippen molar-refractivity contribution in [3.8, 4) is 0 Å². The molecule has 0 aliphatic rings. The van der Waals surface area contributed by atoms with Gasteiger partial charge in [-0.25, -0.2) is 0 Å². The molecule has 44 valence electrons. The summed E-state index contributed by atoms with van der Waals surface area (Å²) in [5.74, 6) is -3.67. The first kappa shape index (κ1) is 6.77. The Labute approximate surface area is 38.7 Å². The molecule has 0 unspecified atom stereocenters. The zero-order valence-corrected chi connectivity index (χ0v) is 3.82. The number of alkyl halides is 2. The number of halogens is 2. The Morgan fingerprint density at radius 1 is 1.43 bits per heavy atom. The van der Waals surface area contributed by atoms with E-state index in [1.54, 1.807) is 0 Å². The van der Waals surface area contributed by atoms with Crippen LogP contribution in [-0.4, -0.2) is 18.7 Å². The van der Waals surface area contributed by atoms with E-state index in [9.17, 15) is 8.78 Å². The van der Waals surface area contributed by atoms with Gasteiger partial charge >= 0.3 is 15.9 Å². The van der Waals surface area contributed by atoms with Gasteiger partial charge in [0, 0.05) is 0 Å². The molecule has 0 aliphatic heterocycles. The fraction of sp³-hybridized carbons (Fsp3) is 1.00. The summed E-state index contributed by atoms with van der Waals surface area (Å²) < 4.78 is 47.0. The van der Waals surface area contributed by atoms with Crippen molar-refractivity contribution in [3.63, 3.8) is 0 Å². The van der Waals surface area contributed by atoms with E-state index in [1.165, 1.54) is 0 Å². The molecular weight excluding hydrogens is 130 g/mol. The minimum atomic E-state index is -5.07. The van der Waals surface area contributed by atoms with E-state index in [-0.39, 0.29) is 0 Å². The number of hydrogen-bond acceptors (Lipinski definition) is 2. The van der Waals surface area contributed by atoms with Gasteiger partial charge < -0.3 is 0 Å². The molecule has 1 N–H and O–H groups in total. The van der Waals surface area contributed by atoms with Crippen LogP contribution in [0.2, 0.25) is 0 Å². The van der Waals surface area contributed by atoms with Crippen molar-refractivity contribution in [2.45, 2.75) is 5.76 Å². The van der Waals surface area contributed by atoms with E-state index in [4.69, 9.17) is 13.0 Å². The Morgan fingerprint density at radius 3 is 1.57 bits per heavy atom. The van der Waals surface area contributed by atoms with Crippen LogP contribution in [0.15, 0.2) is 0 Å². The molecule has 0 atom stereocenters. The van der Waals surface area contributed by atoms with Crippen LogP contribution in [0.25, 0.3) is 0 Å². The summed E-state index contributed by atoms with van der Waals surface area (Å²) in [6.07, 6.45) is 0. The van der Waals surface area contributed by atoms with E-state index in [1.807, 2.05) is 0 Å². The molecule has 0 aromatic heterocycles. The first-order valence-corrected chi connectivity index (χ1v) is 2.69. The van der Waals surface area contributed by atoms with Crippen molar-refractivity contribution in [1.29, 1.82) is 0 Å². The van der Waals surface area contributed by atoms with Crippen molar-refractivity contribution in [2.75, 3.05) is 0 Å². The quantitative estimate of drug-likeness (QED) is 0.514. The van der Waals surface area contributed by atoms with E-state index in [0.29, 0.717) is 0 Å². The smallest absolute Gasteiger partial charge is 0.281 e. The van der Waals surface area contributed by atoms with Gasteiger partial charge in [0.1, 0.15) is 0 Å². The lowest BCUT2D eigenvalue weighted by Crippen LogP contribution is -2.07. The third-order valence-corrected chi connectivity index (χ3v) is 0.675. The van der Waals surface area contributed by atoms with Crippen LogP contribution in [0, 0.1) is 0 Å². The van der Waals surface area contributed by atoms with Crippen LogP contribution in [0.5, 0.6) is 0 Å². The van der Waals surface area contributed by atoms with Gasteiger partial charge in [-0.1, -0.05) is 0 Å². The molecule has 0 rings (SSSR count). The van der Waals surface area contributed by atoms with Crippen molar-refractivity contribution < 1.29 is 21.8 Å². The molecular formula is CH2F2O3S. The predicted molar refractivity (Wildman–Crippen MR) is 17.6 cm³/mol. The molecule has 0 amide bonds. The Hall–Kier alpha value is -0.230. The van der Waals surface area contributed by atoms with Crippen LogP contribution < -0.4 is 0 Å². The predicted octanol–water partition coefficient (Wildman–Crippen LogP) is 0.0968. The summed E-state index contributed by atoms with van der Waals surface area (Å²) in [5.41, 5.74) is 0. The first-order chi connectivity index (χ1) is 2.94. The van der Waals surface area contributed by atoms with Gasteiger partial charge in [-0.05, 0) is 0 Å². The van der Waals surface area contributed by atoms with Crippen molar-refractivity contribution >= 4 is 10.1 Å². The van der Waals surface area contributed by atoms with Crippen LogP contribution in [0.1, 0.15) is 0 Å². The van der Waals surface area contributed by atoms with E-state index >= 15 is 0 Å². The number of rotatable bonds is 1. The van der Waals surface area contributed by atoms with Gasteiger partial charge in [0.15, 0.2) is 0 Å². The monoisotopic (exact) mass is 132 g/mol. The molecule has 0 fully saturated rings. The summed E-state index contributed by atoms with van der Waals surface area (Å²) in [7, 11) is -5.07. The lowest BCUT2D eigenvalue weighted by Gasteiger charge is -1.87. The minimum Gasteiger partial charge on any atom is -0.281 e. The second kappa shape index (κ2) is 1.71. The van der Waals surface area contributed by atoms with Gasteiger partial charge in [0.05, 0.1) is 0 Å². The maximum atomic E-state index is 10.7. The molecule has 3 nitrogen and oxygen atoms in total. The highest BCUT2D eigenvalue weighted by molar-refractivity contribution is 7.86. The van der Waals surface area contributed by atoms with Crippen molar-refractivity contribution in [1.82, 2.24) is 0 Å². The Bertz CT molecular complexity index is 135. The zero-order chi connectivity index (χ0) is 6.08. The van der Waals surface area contributed by atoms with Crippen LogP contribution >= 0.6 is 0 Å². The maximum Gasteiger partial charge on any atom is 0.361 e. The Kier molecular flexibility index (Phi) is 1.65. The summed E-state index contributed by atoms with van der Waals surface area (Å²) in [6.45, 7) is 0. The molecule has 7 heavy (non-hydrogen) atoms. The van der Waals surface area contributed by atoms with Crippen LogP contribution in [0.3, 0.4) is 0 Å². The zero-order valence-electron chi connectivity index (χ0n) is 3.01. The fourth-order valence-corrected chi connectivity index (χ4v) is 0. The molecule has 6 heteroatoms. The molecule has 0 aromatic rings. The van der Waals surface area contributed by atoms with E-state index < -0.39 is 15.9 Å². The number of hydrogen-bond donors (Lipinski definition) is 1. The van der Waals surface area contributed by atoms with Crippen LogP contribution in [-0.2, 0) is 10.1 Å². The fourth-order valence-electron chi connectivity index (χ4n) is 0. The van der Waals surface area contributed by atoms with E-state index in [0.717, 1.165) is 0 Å². The average Bonchev–Trinajstić information content (AvgIpc) is 1.31. The molecule has 0 spiro atoms. The Morgan fingerprint density at radius 2 is 1.57 bits per heavy atom. The highest BCUT2D eigenvalue weighted by atomic mass is 32.2. The molecule has 0 aliphatic carbocycles. The minimum absolute atomic E-state index is 3.67. The third kappa shape index (κ3) is 2.46. The van der Waals surface area contributed by atoms with Gasteiger partial charge in [-0.3, -0.25) is 4.55 Å². The van der Waals surface area contributed by atoms with Gasteiger partial charge in [-0.2, -0.15) is 17.2 Å². The molecule has 0 aromatic carbocycles. The topological polar surface area (TPSA) is 54.4 Å². The lowest BCUT2D eigenvalue weighted by molar-refractivity contribution is 0.217. The molecule has 0 bridgehead atoms. The highest BCUT2D eigenvalue weighted by Gasteiger charge is 2.18. The first-order valence-electron chi connectivity index (χ1n) is 1.19. The van der Waals surface area contributed by atoms with Crippen molar-refractivity contribution in [3.05, 3.63) is 0 Å². The normalized spacial score (nSPS) is 12.6. The van der Waals surface area contributed by atoms with Gasteiger partial charge in [0.2, 0.25) is 0 Å². The molecule has 0 saturated heterocycles. The largest absolute Gasteiger partial charge is 0.361 e. The molecule has 0 radical (unpaired) electrons. The third-order valence-electron chi connectivity index (χ3n) is 0.225. The molecule has 0 saturated carbocycles. The lowest BCUT2D eigenvalue weighted by atomic mass is 11.7. The summed E-state index contributed by atoms with van der Waals surface area (Å²) in [4.78, 5) is 0. The average molecular weight is 132 g/mol. The van der Waals surface area contributed by atoms with Crippen LogP contribution in [0.4, 0.5) is 8.78 Å². The second-order valence-electron chi connectivity index (χ2n) is 0.776. The standard InChI is InChI=1S/CH2F2O3S/c2-1(3)7(4,5)6/h1H,(H,4,5,6). The summed E-state index contributed by atoms with van der Waals surface area (Å²) in [6, 6.07) is 0. The maximum absolute atomic E-state index is 10.7. The summed E-state index contributed by atoms with van der Waals surface area (Å²) in [5, 5.41) is 0. The second-order valence-corrected chi connectivity index (χ2v) is 2.16. The highest BCUT2D eigenvalue weighted by Crippen LogP contribution is 1.98. The Balaban J connectivity index is 4.10. The molecule has 0 heterocycles. The SMILES string of the molecule is O=S(=O)(O)C(F)F. The van der Waals surface area contributed by atoms with E-state index in [2.05, 4.69) is 0 Å². The van der Waals surface area contributed by atoms with Gasteiger partial charge in [0.25, 0.3) is 0 Å².